The highest BCUT2D eigenvalue weighted by atomic mass is 32.2. The zero-order chi connectivity index (χ0) is 11.7. The van der Waals surface area contributed by atoms with Gasteiger partial charge in [0.25, 0.3) is 0 Å². The topological polar surface area (TPSA) is 101 Å². The summed E-state index contributed by atoms with van der Waals surface area (Å²) in [4.78, 5) is 15.2. The lowest BCUT2D eigenvalue weighted by atomic mass is 10.2. The Kier molecular flexibility index (Phi) is 3.17. The van der Waals surface area contributed by atoms with Gasteiger partial charge in [-0.2, -0.15) is 4.98 Å². The van der Waals surface area contributed by atoms with Crippen molar-refractivity contribution in [2.24, 2.45) is 0 Å². The van der Waals surface area contributed by atoms with Crippen LogP contribution in [0.3, 0.4) is 0 Å². The molecule has 4 N–H and O–H groups in total. The maximum absolute atomic E-state index is 11.5. The van der Waals surface area contributed by atoms with Crippen molar-refractivity contribution >= 4 is 17.6 Å². The van der Waals surface area contributed by atoms with Gasteiger partial charge in [0.2, 0.25) is 0 Å². The molecular weight excluding hydrogens is 230 g/mol. The molecular formula is C9H13N3O3S. The van der Waals surface area contributed by atoms with E-state index in [0.717, 1.165) is 0 Å². The van der Waals surface area contributed by atoms with Crippen LogP contribution in [0.5, 0.6) is 0 Å². The largest absolute Gasteiger partial charge is 0.395 e. The Hall–Kier alpha value is -1.05. The normalized spacial score (nSPS) is 29.5. The number of thioether (sulfide) groups is 1. The molecule has 0 bridgehead atoms. The first kappa shape index (κ1) is 11.4. The highest BCUT2D eigenvalue weighted by molar-refractivity contribution is 8.00. The Labute approximate surface area is 96.1 Å². The van der Waals surface area contributed by atoms with Gasteiger partial charge in [0.05, 0.1) is 23.3 Å². The van der Waals surface area contributed by atoms with Crippen molar-refractivity contribution in [3.05, 3.63) is 22.7 Å². The van der Waals surface area contributed by atoms with Crippen LogP contribution in [0.1, 0.15) is 11.8 Å². The SMILES string of the molecule is Nc1ccn([C@@H]2C[C@H](O)[C@H](CO)S2)c(=O)n1. The van der Waals surface area contributed by atoms with Gasteiger partial charge in [-0.1, -0.05) is 0 Å². The lowest BCUT2D eigenvalue weighted by Gasteiger charge is -2.12. The Morgan fingerprint density at radius 1 is 1.69 bits per heavy atom. The average Bonchev–Trinajstić information content (AvgIpc) is 2.59. The van der Waals surface area contributed by atoms with Crippen molar-refractivity contribution in [2.75, 3.05) is 12.3 Å². The molecule has 1 aromatic rings. The molecule has 0 unspecified atom stereocenters. The molecule has 0 amide bonds. The first-order chi connectivity index (χ1) is 7.61. The fraction of sp³-hybridized carbons (Fsp3) is 0.556. The van der Waals surface area contributed by atoms with E-state index in [1.807, 2.05) is 0 Å². The van der Waals surface area contributed by atoms with Crippen LogP contribution in [0.2, 0.25) is 0 Å². The highest BCUT2D eigenvalue weighted by Gasteiger charge is 2.34. The number of hydrogen-bond donors (Lipinski definition) is 3. The summed E-state index contributed by atoms with van der Waals surface area (Å²) >= 11 is 1.37. The van der Waals surface area contributed by atoms with Crippen LogP contribution >= 0.6 is 11.8 Å². The number of aliphatic hydroxyl groups is 2. The molecule has 2 heterocycles. The van der Waals surface area contributed by atoms with E-state index < -0.39 is 11.8 Å². The third-order valence-corrected chi connectivity index (χ3v) is 4.09. The molecule has 0 saturated carbocycles. The van der Waals surface area contributed by atoms with Crippen molar-refractivity contribution in [2.45, 2.75) is 23.1 Å². The van der Waals surface area contributed by atoms with E-state index in [1.165, 1.54) is 16.3 Å². The van der Waals surface area contributed by atoms with Gasteiger partial charge in [0.1, 0.15) is 5.82 Å². The molecule has 1 fully saturated rings. The van der Waals surface area contributed by atoms with Gasteiger partial charge < -0.3 is 15.9 Å². The van der Waals surface area contributed by atoms with Crippen LogP contribution in [0, 0.1) is 0 Å². The standard InChI is InChI=1S/C9H13N3O3S/c10-7-1-2-12(9(15)11-7)8-3-5(14)6(4-13)16-8/h1-2,5-6,8,13-14H,3-4H2,(H2,10,11,15)/t5-,6-,8-/m0/s1. The first-order valence-corrected chi connectivity index (χ1v) is 5.85. The molecule has 88 valence electrons. The van der Waals surface area contributed by atoms with Gasteiger partial charge in [0.15, 0.2) is 0 Å². The van der Waals surface area contributed by atoms with Gasteiger partial charge in [-0.05, 0) is 6.07 Å². The molecule has 1 aromatic heterocycles. The van der Waals surface area contributed by atoms with E-state index in [-0.39, 0.29) is 23.0 Å². The fourth-order valence-electron chi connectivity index (χ4n) is 1.70. The smallest absolute Gasteiger partial charge is 0.350 e. The lowest BCUT2D eigenvalue weighted by molar-refractivity contribution is 0.137. The summed E-state index contributed by atoms with van der Waals surface area (Å²) in [6, 6.07) is 1.54. The van der Waals surface area contributed by atoms with Gasteiger partial charge in [0, 0.05) is 12.6 Å². The Morgan fingerprint density at radius 2 is 2.44 bits per heavy atom. The van der Waals surface area contributed by atoms with E-state index in [2.05, 4.69) is 4.98 Å². The summed E-state index contributed by atoms with van der Waals surface area (Å²) < 4.78 is 1.43. The predicted molar refractivity (Wildman–Crippen MR) is 61.0 cm³/mol. The molecule has 1 saturated heterocycles. The van der Waals surface area contributed by atoms with Crippen molar-refractivity contribution < 1.29 is 10.2 Å². The van der Waals surface area contributed by atoms with Crippen LogP contribution in [0.25, 0.3) is 0 Å². The second-order valence-corrected chi connectivity index (χ2v) is 5.08. The Balaban J connectivity index is 2.23. The molecule has 2 rings (SSSR count). The molecule has 7 heteroatoms. The van der Waals surface area contributed by atoms with E-state index >= 15 is 0 Å². The van der Waals surface area contributed by atoms with Gasteiger partial charge in [-0.25, -0.2) is 4.79 Å². The Morgan fingerprint density at radius 3 is 3.00 bits per heavy atom. The van der Waals surface area contributed by atoms with Crippen molar-refractivity contribution in [1.29, 1.82) is 0 Å². The summed E-state index contributed by atoms with van der Waals surface area (Å²) in [6.45, 7) is -0.0977. The van der Waals surface area contributed by atoms with E-state index in [1.54, 1.807) is 12.3 Å². The van der Waals surface area contributed by atoms with E-state index in [4.69, 9.17) is 10.8 Å². The van der Waals surface area contributed by atoms with Crippen molar-refractivity contribution in [1.82, 2.24) is 9.55 Å². The lowest BCUT2D eigenvalue weighted by Crippen LogP contribution is -2.25. The second kappa shape index (κ2) is 4.44. The minimum absolute atomic E-state index is 0.0977. The van der Waals surface area contributed by atoms with Crippen LogP contribution in [0.15, 0.2) is 17.1 Å². The van der Waals surface area contributed by atoms with Gasteiger partial charge >= 0.3 is 5.69 Å². The number of nitrogens with two attached hydrogens (primary N) is 1. The number of nitrogen functional groups attached to an aromatic ring is 1. The zero-order valence-corrected chi connectivity index (χ0v) is 9.30. The minimum atomic E-state index is -0.593. The molecule has 0 spiro atoms. The highest BCUT2D eigenvalue weighted by Crippen LogP contribution is 2.40. The predicted octanol–water partition coefficient (Wildman–Crippen LogP) is -0.817. The van der Waals surface area contributed by atoms with Crippen LogP contribution < -0.4 is 11.4 Å². The van der Waals surface area contributed by atoms with Crippen LogP contribution in [0.4, 0.5) is 5.82 Å². The summed E-state index contributed by atoms with van der Waals surface area (Å²) in [6.07, 6.45) is 1.40. The van der Waals surface area contributed by atoms with Crippen molar-refractivity contribution in [3.63, 3.8) is 0 Å². The van der Waals surface area contributed by atoms with Crippen LogP contribution in [-0.4, -0.2) is 37.7 Å². The van der Waals surface area contributed by atoms with E-state index in [0.29, 0.717) is 6.42 Å². The maximum atomic E-state index is 11.5. The number of aromatic nitrogens is 2. The second-order valence-electron chi connectivity index (χ2n) is 3.66. The summed E-state index contributed by atoms with van der Waals surface area (Å²) in [5.74, 6) is 0.184. The van der Waals surface area contributed by atoms with Crippen molar-refractivity contribution in [3.8, 4) is 0 Å². The third kappa shape index (κ3) is 2.06. The molecule has 0 aliphatic carbocycles. The average molecular weight is 243 g/mol. The number of anilines is 1. The van der Waals surface area contributed by atoms with E-state index in [9.17, 15) is 9.90 Å². The van der Waals surface area contributed by atoms with Crippen LogP contribution in [-0.2, 0) is 0 Å². The monoisotopic (exact) mass is 243 g/mol. The molecule has 0 aromatic carbocycles. The zero-order valence-electron chi connectivity index (χ0n) is 8.48. The van der Waals surface area contributed by atoms with Gasteiger partial charge in [-0.3, -0.25) is 4.57 Å². The summed E-state index contributed by atoms with van der Waals surface area (Å²) in [5.41, 5.74) is 4.96. The molecule has 0 radical (unpaired) electrons. The van der Waals surface area contributed by atoms with Gasteiger partial charge in [-0.15, -0.1) is 11.8 Å². The third-order valence-electron chi connectivity index (χ3n) is 2.55. The maximum Gasteiger partial charge on any atom is 0.350 e. The molecule has 1 aliphatic rings. The summed E-state index contributed by atoms with van der Waals surface area (Å²) in [5, 5.41) is 18.2. The molecule has 6 nitrogen and oxygen atoms in total. The molecule has 16 heavy (non-hydrogen) atoms. The minimum Gasteiger partial charge on any atom is -0.395 e. The fourth-order valence-corrected chi connectivity index (χ4v) is 3.08. The number of aliphatic hydroxyl groups excluding tert-OH is 2. The molecule has 1 aliphatic heterocycles. The molecule has 3 atom stereocenters. The quantitative estimate of drug-likeness (QED) is 0.627. The number of hydrogen-bond acceptors (Lipinski definition) is 6. The summed E-state index contributed by atoms with van der Waals surface area (Å²) in [7, 11) is 0. The first-order valence-electron chi connectivity index (χ1n) is 4.91. The number of rotatable bonds is 2. The number of nitrogens with zero attached hydrogens (tertiary/aromatic N) is 2. The Bertz CT molecular complexity index is 436.